The van der Waals surface area contributed by atoms with Crippen molar-refractivity contribution in [3.8, 4) is 11.5 Å². The molecule has 0 amide bonds. The number of phenols is 1. The first-order chi connectivity index (χ1) is 15.7. The third-order valence-electron chi connectivity index (χ3n) is 5.17. The smallest absolute Gasteiger partial charge is 0.329 e. The van der Waals surface area contributed by atoms with Gasteiger partial charge in [0.05, 0.1) is 10.3 Å². The number of carbonyl (C=O) groups is 1. The molecule has 3 aromatic carbocycles. The Balaban J connectivity index is 1.62. The monoisotopic (exact) mass is 467 g/mol. The molecule has 170 valence electrons. The van der Waals surface area contributed by atoms with Crippen molar-refractivity contribution in [3.05, 3.63) is 76.5 Å². The van der Waals surface area contributed by atoms with Crippen molar-refractivity contribution in [2.75, 3.05) is 0 Å². The third-order valence-corrected chi connectivity index (χ3v) is 6.66. The molecule has 0 aliphatic heterocycles. The van der Waals surface area contributed by atoms with Gasteiger partial charge in [-0.2, -0.15) is 4.72 Å². The van der Waals surface area contributed by atoms with E-state index < -0.39 is 33.2 Å². The Morgan fingerprint density at radius 3 is 2.48 bits per heavy atom. The van der Waals surface area contributed by atoms with Gasteiger partial charge in [0.2, 0.25) is 15.5 Å². The topological polar surface area (TPSA) is 123 Å². The van der Waals surface area contributed by atoms with Crippen molar-refractivity contribution in [2.45, 2.75) is 31.2 Å². The van der Waals surface area contributed by atoms with Crippen LogP contribution in [0.25, 0.3) is 21.9 Å². The second kappa shape index (κ2) is 8.68. The van der Waals surface area contributed by atoms with Gasteiger partial charge in [-0.3, -0.25) is 4.79 Å². The van der Waals surface area contributed by atoms with E-state index in [1.54, 1.807) is 43.3 Å². The lowest BCUT2D eigenvalue weighted by Crippen LogP contribution is -2.42. The lowest BCUT2D eigenvalue weighted by molar-refractivity contribution is -0.136. The highest BCUT2D eigenvalue weighted by atomic mass is 32.2. The first-order valence-electron chi connectivity index (χ1n) is 10.2. The summed E-state index contributed by atoms with van der Waals surface area (Å²) in [5, 5.41) is 10.7. The number of hydrogen-bond acceptors (Lipinski definition) is 7. The number of fused-ring (bicyclic) bond motifs is 2. The second-order valence-corrected chi connectivity index (χ2v) is 9.27. The molecule has 4 aromatic rings. The Morgan fingerprint density at radius 1 is 1.09 bits per heavy atom. The van der Waals surface area contributed by atoms with Crippen molar-refractivity contribution in [3.63, 3.8) is 0 Å². The maximum absolute atomic E-state index is 12.7. The van der Waals surface area contributed by atoms with Crippen LogP contribution in [0.2, 0.25) is 0 Å². The summed E-state index contributed by atoms with van der Waals surface area (Å²) in [5.74, 6) is -1.37. The standard InChI is InChI=1S/C24H21NO7S/c1-3-18(25-33(29,30)16-10-8-14(2)9-11-16)24(28)31-15-12-19(26)22-21(13-15)32-20-7-5-4-6-17(20)23(22)27/h4-13,18,25-26H,3H2,1-2H3/t18-/m1/s1. The fourth-order valence-corrected chi connectivity index (χ4v) is 4.67. The zero-order chi connectivity index (χ0) is 23.8. The van der Waals surface area contributed by atoms with Crippen molar-refractivity contribution < 1.29 is 27.5 Å². The van der Waals surface area contributed by atoms with E-state index in [1.807, 2.05) is 6.92 Å². The van der Waals surface area contributed by atoms with Crippen LogP contribution < -0.4 is 14.9 Å². The number of sulfonamides is 1. The summed E-state index contributed by atoms with van der Waals surface area (Å²) in [4.78, 5) is 25.4. The van der Waals surface area contributed by atoms with Crippen LogP contribution in [-0.2, 0) is 14.8 Å². The highest BCUT2D eigenvalue weighted by molar-refractivity contribution is 7.89. The molecule has 2 N–H and O–H groups in total. The van der Waals surface area contributed by atoms with Gasteiger partial charge in [-0.25, -0.2) is 13.2 Å². The minimum absolute atomic E-state index is 0.0244. The molecule has 9 heteroatoms. The fourth-order valence-electron chi connectivity index (χ4n) is 3.40. The van der Waals surface area contributed by atoms with Gasteiger partial charge in [-0.15, -0.1) is 0 Å². The van der Waals surface area contributed by atoms with Gasteiger partial charge < -0.3 is 14.3 Å². The Morgan fingerprint density at radius 2 is 1.79 bits per heavy atom. The highest BCUT2D eigenvalue weighted by Crippen LogP contribution is 2.30. The maximum atomic E-state index is 12.7. The van der Waals surface area contributed by atoms with Gasteiger partial charge in [0.15, 0.2) is 0 Å². The molecule has 0 bridgehead atoms. The second-order valence-electron chi connectivity index (χ2n) is 7.56. The van der Waals surface area contributed by atoms with Crippen LogP contribution >= 0.6 is 0 Å². The van der Waals surface area contributed by atoms with Gasteiger partial charge in [0.1, 0.15) is 34.1 Å². The first kappa shape index (κ1) is 22.5. The van der Waals surface area contributed by atoms with E-state index in [0.717, 1.165) is 11.6 Å². The van der Waals surface area contributed by atoms with Crippen LogP contribution in [0.3, 0.4) is 0 Å². The molecule has 1 aromatic heterocycles. The minimum Gasteiger partial charge on any atom is -0.507 e. The van der Waals surface area contributed by atoms with Crippen molar-refractivity contribution in [1.82, 2.24) is 4.72 Å². The molecule has 0 radical (unpaired) electrons. The molecule has 0 unspecified atom stereocenters. The van der Waals surface area contributed by atoms with E-state index in [9.17, 15) is 23.1 Å². The summed E-state index contributed by atoms with van der Waals surface area (Å²) in [6.07, 6.45) is 0.128. The molecule has 0 aliphatic rings. The van der Waals surface area contributed by atoms with E-state index in [0.29, 0.717) is 11.0 Å². The number of benzene rings is 3. The van der Waals surface area contributed by atoms with Crippen molar-refractivity contribution >= 4 is 37.9 Å². The Kier molecular flexibility index (Phi) is 5.92. The van der Waals surface area contributed by atoms with Crippen LogP contribution in [-0.4, -0.2) is 25.5 Å². The summed E-state index contributed by atoms with van der Waals surface area (Å²) in [7, 11) is -3.96. The first-order valence-corrected chi connectivity index (χ1v) is 11.7. The summed E-state index contributed by atoms with van der Waals surface area (Å²) in [6.45, 7) is 3.46. The van der Waals surface area contributed by atoms with Crippen molar-refractivity contribution in [1.29, 1.82) is 0 Å². The predicted molar refractivity (Wildman–Crippen MR) is 123 cm³/mol. The lowest BCUT2D eigenvalue weighted by Gasteiger charge is -2.16. The number of phenolic OH excluding ortho intramolecular Hbond substituents is 1. The van der Waals surface area contributed by atoms with E-state index in [1.165, 1.54) is 18.2 Å². The zero-order valence-electron chi connectivity index (χ0n) is 17.9. The summed E-state index contributed by atoms with van der Waals surface area (Å²) in [6, 6.07) is 14.0. The van der Waals surface area contributed by atoms with Gasteiger partial charge in [0.25, 0.3) is 0 Å². The number of hydrogen-bond donors (Lipinski definition) is 2. The van der Waals surface area contributed by atoms with Crippen molar-refractivity contribution in [2.24, 2.45) is 0 Å². The molecule has 1 heterocycles. The Hall–Kier alpha value is -3.69. The minimum atomic E-state index is -3.96. The van der Waals surface area contributed by atoms with Crippen LogP contribution in [0, 0.1) is 6.92 Å². The summed E-state index contributed by atoms with van der Waals surface area (Å²) in [5.41, 5.74) is 0.834. The average molecular weight is 467 g/mol. The van der Waals surface area contributed by atoms with E-state index >= 15 is 0 Å². The number of ether oxygens (including phenoxy) is 1. The average Bonchev–Trinajstić information content (AvgIpc) is 2.77. The molecular formula is C24H21NO7S. The number of carbonyl (C=O) groups excluding carboxylic acids is 1. The molecule has 0 aliphatic carbocycles. The highest BCUT2D eigenvalue weighted by Gasteiger charge is 2.26. The molecular weight excluding hydrogens is 446 g/mol. The largest absolute Gasteiger partial charge is 0.507 e. The number of aryl methyl sites for hydroxylation is 1. The van der Waals surface area contributed by atoms with Gasteiger partial charge in [-0.05, 0) is 37.6 Å². The number of para-hydroxylation sites is 1. The van der Waals surface area contributed by atoms with Crippen LogP contribution in [0.1, 0.15) is 18.9 Å². The molecule has 1 atom stereocenters. The van der Waals surface area contributed by atoms with Gasteiger partial charge in [-0.1, -0.05) is 36.8 Å². The summed E-state index contributed by atoms with van der Waals surface area (Å²) < 4.78 is 38.7. The molecule has 4 rings (SSSR count). The van der Waals surface area contributed by atoms with E-state index in [4.69, 9.17) is 9.15 Å². The number of aromatic hydroxyl groups is 1. The molecule has 33 heavy (non-hydrogen) atoms. The van der Waals surface area contributed by atoms with Crippen LogP contribution in [0.5, 0.6) is 11.5 Å². The van der Waals surface area contributed by atoms with Gasteiger partial charge in [0, 0.05) is 12.1 Å². The lowest BCUT2D eigenvalue weighted by atomic mass is 10.1. The fraction of sp³-hybridized carbons (Fsp3) is 0.167. The molecule has 0 saturated carbocycles. The number of esters is 1. The van der Waals surface area contributed by atoms with E-state index in [2.05, 4.69) is 4.72 Å². The van der Waals surface area contributed by atoms with Crippen LogP contribution in [0.15, 0.2) is 74.8 Å². The molecule has 0 spiro atoms. The Bertz CT molecular complexity index is 1520. The molecule has 8 nitrogen and oxygen atoms in total. The van der Waals surface area contributed by atoms with Gasteiger partial charge >= 0.3 is 5.97 Å². The van der Waals surface area contributed by atoms with Crippen LogP contribution in [0.4, 0.5) is 0 Å². The quantitative estimate of drug-likeness (QED) is 0.252. The number of rotatable bonds is 6. The predicted octanol–water partition coefficient (Wildman–Crippen LogP) is 3.62. The normalized spacial score (nSPS) is 12.7. The zero-order valence-corrected chi connectivity index (χ0v) is 18.7. The molecule has 0 saturated heterocycles. The van der Waals surface area contributed by atoms with E-state index in [-0.39, 0.29) is 28.0 Å². The molecule has 0 fully saturated rings. The summed E-state index contributed by atoms with van der Waals surface area (Å²) >= 11 is 0. The Labute approximate surface area is 189 Å². The number of nitrogens with one attached hydrogen (secondary N) is 1. The SMILES string of the molecule is CC[C@@H](NS(=O)(=O)c1ccc(C)cc1)C(=O)Oc1cc(O)c2c(=O)c3ccccc3oc2c1. The maximum Gasteiger partial charge on any atom is 0.329 e. The third kappa shape index (κ3) is 4.46.